The molecule has 0 aliphatic carbocycles. The van der Waals surface area contributed by atoms with Crippen LogP contribution in [0.4, 0.5) is 10.1 Å². The molecule has 8 heteroatoms. The molecular formula is C19H19FN2O4S. The number of amides is 2. The molecule has 0 unspecified atom stereocenters. The van der Waals surface area contributed by atoms with E-state index in [0.29, 0.717) is 30.5 Å². The van der Waals surface area contributed by atoms with Gasteiger partial charge < -0.3 is 0 Å². The molecule has 0 radical (unpaired) electrons. The number of imide groups is 1. The standard InChI is InChI=1S/C19H19FN2O4S/c20-17-5-2-1-4-14(17)12-13-21-27(25,26)16-10-8-15(9-11-16)22-18(23)6-3-7-19(22)24/h1-2,4-5,8-11,21H,3,6-7,12-13H2. The number of nitrogens with one attached hydrogen (secondary N) is 1. The number of rotatable bonds is 6. The van der Waals surface area contributed by atoms with Crippen LogP contribution in [0, 0.1) is 5.82 Å². The van der Waals surface area contributed by atoms with Gasteiger partial charge in [0.2, 0.25) is 21.8 Å². The largest absolute Gasteiger partial charge is 0.274 e. The highest BCUT2D eigenvalue weighted by Gasteiger charge is 2.27. The summed E-state index contributed by atoms with van der Waals surface area (Å²) in [5.41, 5.74) is 0.785. The molecule has 6 nitrogen and oxygen atoms in total. The summed E-state index contributed by atoms with van der Waals surface area (Å²) in [4.78, 5) is 25.0. The Hall–Kier alpha value is -2.58. The van der Waals surface area contributed by atoms with Crippen molar-refractivity contribution in [2.24, 2.45) is 0 Å². The second kappa shape index (κ2) is 7.98. The van der Waals surface area contributed by atoms with Crippen LogP contribution in [-0.2, 0) is 26.0 Å². The summed E-state index contributed by atoms with van der Waals surface area (Å²) in [5.74, 6) is -0.952. The van der Waals surface area contributed by atoms with Gasteiger partial charge in [0, 0.05) is 19.4 Å². The highest BCUT2D eigenvalue weighted by Crippen LogP contribution is 2.23. The molecule has 27 heavy (non-hydrogen) atoms. The van der Waals surface area contributed by atoms with Gasteiger partial charge in [0.15, 0.2) is 0 Å². The molecule has 1 N–H and O–H groups in total. The van der Waals surface area contributed by atoms with Crippen molar-refractivity contribution < 1.29 is 22.4 Å². The van der Waals surface area contributed by atoms with Crippen LogP contribution < -0.4 is 9.62 Å². The van der Waals surface area contributed by atoms with Gasteiger partial charge in [-0.15, -0.1) is 0 Å². The van der Waals surface area contributed by atoms with E-state index in [1.54, 1.807) is 18.2 Å². The average Bonchev–Trinajstić information content (AvgIpc) is 2.63. The number of anilines is 1. The van der Waals surface area contributed by atoms with Crippen molar-refractivity contribution in [3.05, 3.63) is 59.9 Å². The van der Waals surface area contributed by atoms with Gasteiger partial charge in [0.25, 0.3) is 0 Å². The number of sulfonamides is 1. The van der Waals surface area contributed by atoms with Crippen molar-refractivity contribution in [2.75, 3.05) is 11.4 Å². The number of nitrogens with zero attached hydrogens (tertiary/aromatic N) is 1. The van der Waals surface area contributed by atoms with Crippen LogP contribution in [0.1, 0.15) is 24.8 Å². The van der Waals surface area contributed by atoms with E-state index in [1.807, 2.05) is 0 Å². The molecule has 2 amide bonds. The third-order valence-corrected chi connectivity index (χ3v) is 5.81. The molecule has 0 aromatic heterocycles. The second-order valence-corrected chi connectivity index (χ2v) is 7.98. The molecule has 1 heterocycles. The normalized spacial score (nSPS) is 15.2. The summed E-state index contributed by atoms with van der Waals surface area (Å²) >= 11 is 0. The number of piperidine rings is 1. The fraction of sp³-hybridized carbons (Fsp3) is 0.263. The zero-order valence-electron chi connectivity index (χ0n) is 14.5. The minimum Gasteiger partial charge on any atom is -0.274 e. The molecule has 2 aromatic carbocycles. The monoisotopic (exact) mass is 390 g/mol. The molecule has 0 saturated carbocycles. The summed E-state index contributed by atoms with van der Waals surface area (Å²) in [6.07, 6.45) is 1.35. The van der Waals surface area contributed by atoms with Gasteiger partial charge in [-0.2, -0.15) is 0 Å². The molecule has 2 aromatic rings. The predicted octanol–water partition coefficient (Wildman–Crippen LogP) is 2.39. The maximum Gasteiger partial charge on any atom is 0.240 e. The van der Waals surface area contributed by atoms with Crippen molar-refractivity contribution in [2.45, 2.75) is 30.6 Å². The van der Waals surface area contributed by atoms with Crippen LogP contribution >= 0.6 is 0 Å². The van der Waals surface area contributed by atoms with E-state index in [4.69, 9.17) is 0 Å². The Balaban J connectivity index is 1.67. The van der Waals surface area contributed by atoms with E-state index in [2.05, 4.69) is 4.72 Å². The number of benzene rings is 2. The molecule has 0 bridgehead atoms. The van der Waals surface area contributed by atoms with Gasteiger partial charge in [0.1, 0.15) is 5.82 Å². The van der Waals surface area contributed by atoms with E-state index >= 15 is 0 Å². The number of carbonyl (C=O) groups is 2. The molecular weight excluding hydrogens is 371 g/mol. The third-order valence-electron chi connectivity index (χ3n) is 4.33. The first-order valence-corrected chi connectivity index (χ1v) is 10.1. The summed E-state index contributed by atoms with van der Waals surface area (Å²) < 4.78 is 40.7. The Bertz CT molecular complexity index is 942. The molecule has 1 saturated heterocycles. The highest BCUT2D eigenvalue weighted by atomic mass is 32.2. The quantitative estimate of drug-likeness (QED) is 0.768. The Labute approximate surface area is 157 Å². The highest BCUT2D eigenvalue weighted by molar-refractivity contribution is 7.89. The van der Waals surface area contributed by atoms with Gasteiger partial charge >= 0.3 is 0 Å². The van der Waals surface area contributed by atoms with Crippen molar-refractivity contribution >= 4 is 27.5 Å². The topological polar surface area (TPSA) is 83.6 Å². The fourth-order valence-electron chi connectivity index (χ4n) is 2.92. The van der Waals surface area contributed by atoms with Crippen molar-refractivity contribution in [3.8, 4) is 0 Å². The van der Waals surface area contributed by atoms with E-state index in [9.17, 15) is 22.4 Å². The predicted molar refractivity (Wildman–Crippen MR) is 98.1 cm³/mol. The Morgan fingerprint density at radius 2 is 1.59 bits per heavy atom. The first kappa shape index (κ1) is 19.2. The molecule has 0 atom stereocenters. The Kier molecular flexibility index (Phi) is 5.67. The molecule has 1 aliphatic heterocycles. The van der Waals surface area contributed by atoms with Gasteiger partial charge in [-0.3, -0.25) is 14.5 Å². The van der Waals surface area contributed by atoms with Crippen molar-refractivity contribution in [1.82, 2.24) is 4.72 Å². The smallest absolute Gasteiger partial charge is 0.240 e. The molecule has 142 valence electrons. The Morgan fingerprint density at radius 1 is 0.963 bits per heavy atom. The minimum absolute atomic E-state index is 0.0108. The molecule has 1 fully saturated rings. The van der Waals surface area contributed by atoms with Crippen LogP contribution in [0.3, 0.4) is 0 Å². The molecule has 0 spiro atoms. The summed E-state index contributed by atoms with van der Waals surface area (Å²) in [6.45, 7) is 0.0497. The average molecular weight is 390 g/mol. The number of hydrogen-bond acceptors (Lipinski definition) is 4. The molecule has 3 rings (SSSR count). The minimum atomic E-state index is -3.78. The molecule has 1 aliphatic rings. The zero-order valence-corrected chi connectivity index (χ0v) is 15.3. The zero-order chi connectivity index (χ0) is 19.4. The van der Waals surface area contributed by atoms with Crippen molar-refractivity contribution in [3.63, 3.8) is 0 Å². The summed E-state index contributed by atoms with van der Waals surface area (Å²) in [7, 11) is -3.78. The number of halogens is 1. The Morgan fingerprint density at radius 3 is 2.22 bits per heavy atom. The van der Waals surface area contributed by atoms with Crippen LogP contribution in [0.15, 0.2) is 53.4 Å². The van der Waals surface area contributed by atoms with Crippen LogP contribution in [0.5, 0.6) is 0 Å². The lowest BCUT2D eigenvalue weighted by atomic mass is 10.1. The van der Waals surface area contributed by atoms with Gasteiger partial charge in [0.05, 0.1) is 10.6 Å². The summed E-state index contributed by atoms with van der Waals surface area (Å²) in [5, 5.41) is 0. The van der Waals surface area contributed by atoms with Gasteiger partial charge in [-0.1, -0.05) is 18.2 Å². The van der Waals surface area contributed by atoms with Crippen LogP contribution in [0.25, 0.3) is 0 Å². The lowest BCUT2D eigenvalue weighted by Gasteiger charge is -2.24. The lowest BCUT2D eigenvalue weighted by Crippen LogP contribution is -2.40. The third kappa shape index (κ3) is 4.40. The summed E-state index contributed by atoms with van der Waals surface area (Å²) in [6, 6.07) is 11.7. The van der Waals surface area contributed by atoms with E-state index in [-0.39, 0.29) is 35.5 Å². The van der Waals surface area contributed by atoms with E-state index < -0.39 is 10.0 Å². The van der Waals surface area contributed by atoms with E-state index in [1.165, 1.54) is 30.3 Å². The maximum absolute atomic E-state index is 13.6. The second-order valence-electron chi connectivity index (χ2n) is 6.21. The maximum atomic E-state index is 13.6. The number of carbonyl (C=O) groups excluding carboxylic acids is 2. The van der Waals surface area contributed by atoms with Crippen LogP contribution in [0.2, 0.25) is 0 Å². The fourth-order valence-corrected chi connectivity index (χ4v) is 3.95. The van der Waals surface area contributed by atoms with E-state index in [0.717, 1.165) is 4.90 Å². The van der Waals surface area contributed by atoms with Crippen molar-refractivity contribution in [1.29, 1.82) is 0 Å². The van der Waals surface area contributed by atoms with Gasteiger partial charge in [-0.25, -0.2) is 17.5 Å². The van der Waals surface area contributed by atoms with Gasteiger partial charge in [-0.05, 0) is 48.7 Å². The first-order valence-electron chi connectivity index (χ1n) is 8.57. The van der Waals surface area contributed by atoms with Crippen LogP contribution in [-0.4, -0.2) is 26.8 Å². The number of hydrogen-bond donors (Lipinski definition) is 1. The lowest BCUT2D eigenvalue weighted by molar-refractivity contribution is -0.129. The first-order chi connectivity index (χ1) is 12.9. The SMILES string of the molecule is O=C1CCCC(=O)N1c1ccc(S(=O)(=O)NCCc2ccccc2F)cc1.